The van der Waals surface area contributed by atoms with Crippen LogP contribution in [-0.2, 0) is 9.47 Å². The van der Waals surface area contributed by atoms with Crippen molar-refractivity contribution in [3.05, 3.63) is 34.3 Å². The molecule has 1 heterocycles. The topological polar surface area (TPSA) is 84.0 Å². The first kappa shape index (κ1) is 21.7. The predicted octanol–water partition coefficient (Wildman–Crippen LogP) is 1.93. The molecule has 0 radical (unpaired) electrons. The smallest absolute Gasteiger partial charge is 0.251 e. The molecule has 1 aromatic carbocycles. The average molecular weight is 441 g/mol. The lowest BCUT2D eigenvalue weighted by atomic mass is 10.2. The quantitative estimate of drug-likeness (QED) is 0.294. The maximum absolute atomic E-state index is 12.1. The number of carbonyl (C=O) groups is 1. The Hall–Kier alpha value is -1.64. The SMILES string of the molecule is CCNC(=NCCCOC1CCOC1)NCCNC(=O)c1cccc(Br)c1. The Bertz CT molecular complexity index is 606. The second-order valence-corrected chi connectivity index (χ2v) is 7.08. The van der Waals surface area contributed by atoms with E-state index in [9.17, 15) is 4.79 Å². The Morgan fingerprint density at radius 1 is 1.33 bits per heavy atom. The van der Waals surface area contributed by atoms with Crippen molar-refractivity contribution in [2.75, 3.05) is 46.0 Å². The summed E-state index contributed by atoms with van der Waals surface area (Å²) in [5.41, 5.74) is 0.637. The van der Waals surface area contributed by atoms with Crippen LogP contribution in [0.25, 0.3) is 0 Å². The maximum atomic E-state index is 12.1. The molecule has 27 heavy (non-hydrogen) atoms. The van der Waals surface area contributed by atoms with E-state index in [0.717, 1.165) is 36.4 Å². The number of benzene rings is 1. The van der Waals surface area contributed by atoms with Gasteiger partial charge in [0.05, 0.1) is 12.7 Å². The van der Waals surface area contributed by atoms with Crippen molar-refractivity contribution in [1.82, 2.24) is 16.0 Å². The summed E-state index contributed by atoms with van der Waals surface area (Å²) in [5.74, 6) is 0.659. The second-order valence-electron chi connectivity index (χ2n) is 6.16. The molecule has 0 bridgehead atoms. The van der Waals surface area contributed by atoms with E-state index < -0.39 is 0 Å². The van der Waals surface area contributed by atoms with E-state index in [1.165, 1.54) is 0 Å². The highest BCUT2D eigenvalue weighted by Gasteiger charge is 2.15. The van der Waals surface area contributed by atoms with Gasteiger partial charge in [-0.1, -0.05) is 22.0 Å². The molecule has 1 atom stereocenters. The molecule has 7 nitrogen and oxygen atoms in total. The summed E-state index contributed by atoms with van der Waals surface area (Å²) in [7, 11) is 0. The van der Waals surface area contributed by atoms with Crippen molar-refractivity contribution in [1.29, 1.82) is 0 Å². The molecule has 1 unspecified atom stereocenters. The Labute approximate surface area is 169 Å². The minimum atomic E-state index is -0.0897. The Kier molecular flexibility index (Phi) is 10.2. The van der Waals surface area contributed by atoms with Gasteiger partial charge >= 0.3 is 0 Å². The summed E-state index contributed by atoms with van der Waals surface area (Å²) < 4.78 is 11.9. The number of nitrogens with one attached hydrogen (secondary N) is 3. The van der Waals surface area contributed by atoms with Crippen molar-refractivity contribution in [3.63, 3.8) is 0 Å². The molecule has 0 aliphatic carbocycles. The van der Waals surface area contributed by atoms with Gasteiger partial charge in [0.1, 0.15) is 0 Å². The van der Waals surface area contributed by atoms with Gasteiger partial charge in [0.15, 0.2) is 5.96 Å². The minimum Gasteiger partial charge on any atom is -0.379 e. The first-order chi connectivity index (χ1) is 13.2. The molecule has 0 saturated carbocycles. The van der Waals surface area contributed by atoms with Gasteiger partial charge in [0.25, 0.3) is 5.91 Å². The van der Waals surface area contributed by atoms with Gasteiger partial charge in [-0.15, -0.1) is 0 Å². The van der Waals surface area contributed by atoms with Gasteiger partial charge in [-0.3, -0.25) is 9.79 Å². The van der Waals surface area contributed by atoms with E-state index in [4.69, 9.17) is 9.47 Å². The van der Waals surface area contributed by atoms with Crippen molar-refractivity contribution in [3.8, 4) is 0 Å². The van der Waals surface area contributed by atoms with Crippen LogP contribution in [0.2, 0.25) is 0 Å². The highest BCUT2D eigenvalue weighted by Crippen LogP contribution is 2.11. The Balaban J connectivity index is 1.62. The predicted molar refractivity (Wildman–Crippen MR) is 110 cm³/mol. The average Bonchev–Trinajstić information content (AvgIpc) is 3.18. The third-order valence-electron chi connectivity index (χ3n) is 3.95. The zero-order chi connectivity index (χ0) is 19.3. The minimum absolute atomic E-state index is 0.0897. The molecule has 1 saturated heterocycles. The van der Waals surface area contributed by atoms with Crippen molar-refractivity contribution in [2.45, 2.75) is 25.9 Å². The van der Waals surface area contributed by atoms with E-state index in [1.54, 1.807) is 12.1 Å². The number of nitrogens with zero attached hydrogens (tertiary/aromatic N) is 1. The number of hydrogen-bond acceptors (Lipinski definition) is 4. The van der Waals surface area contributed by atoms with Crippen LogP contribution in [0.1, 0.15) is 30.1 Å². The number of carbonyl (C=O) groups excluding carboxylic acids is 1. The fraction of sp³-hybridized carbons (Fsp3) is 0.579. The van der Waals surface area contributed by atoms with Crippen LogP contribution < -0.4 is 16.0 Å². The highest BCUT2D eigenvalue weighted by atomic mass is 79.9. The van der Waals surface area contributed by atoms with E-state index in [1.807, 2.05) is 19.1 Å². The van der Waals surface area contributed by atoms with Gasteiger partial charge < -0.3 is 25.4 Å². The van der Waals surface area contributed by atoms with Crippen LogP contribution in [0.15, 0.2) is 33.7 Å². The van der Waals surface area contributed by atoms with Crippen molar-refractivity contribution in [2.24, 2.45) is 4.99 Å². The maximum Gasteiger partial charge on any atom is 0.251 e. The van der Waals surface area contributed by atoms with Gasteiger partial charge in [0.2, 0.25) is 0 Å². The van der Waals surface area contributed by atoms with Gasteiger partial charge in [-0.2, -0.15) is 0 Å². The van der Waals surface area contributed by atoms with Crippen LogP contribution in [-0.4, -0.2) is 64.0 Å². The fourth-order valence-corrected chi connectivity index (χ4v) is 2.98. The van der Waals surface area contributed by atoms with Crippen LogP contribution in [0.5, 0.6) is 0 Å². The summed E-state index contributed by atoms with van der Waals surface area (Å²) in [6.45, 7) is 6.81. The summed E-state index contributed by atoms with van der Waals surface area (Å²) >= 11 is 3.37. The summed E-state index contributed by atoms with van der Waals surface area (Å²) in [6.07, 6.45) is 2.10. The number of rotatable bonds is 10. The largest absolute Gasteiger partial charge is 0.379 e. The molecule has 1 aliphatic rings. The summed E-state index contributed by atoms with van der Waals surface area (Å²) in [6, 6.07) is 7.33. The molecule has 1 aromatic rings. The number of amides is 1. The van der Waals surface area contributed by atoms with Gasteiger partial charge in [0, 0.05) is 49.4 Å². The molecule has 0 spiro atoms. The Morgan fingerprint density at radius 2 is 2.19 bits per heavy atom. The van der Waals surface area contributed by atoms with E-state index in [2.05, 4.69) is 36.9 Å². The zero-order valence-electron chi connectivity index (χ0n) is 15.8. The molecule has 1 aliphatic heterocycles. The summed E-state index contributed by atoms with van der Waals surface area (Å²) in [4.78, 5) is 16.6. The first-order valence-corrected chi connectivity index (χ1v) is 10.2. The number of hydrogen-bond donors (Lipinski definition) is 3. The molecule has 1 fully saturated rings. The monoisotopic (exact) mass is 440 g/mol. The highest BCUT2D eigenvalue weighted by molar-refractivity contribution is 9.10. The lowest BCUT2D eigenvalue weighted by Gasteiger charge is -2.12. The van der Waals surface area contributed by atoms with E-state index in [0.29, 0.717) is 38.4 Å². The van der Waals surface area contributed by atoms with Gasteiger partial charge in [-0.25, -0.2) is 0 Å². The van der Waals surface area contributed by atoms with Crippen LogP contribution in [0.4, 0.5) is 0 Å². The molecule has 0 aromatic heterocycles. The van der Waals surface area contributed by atoms with Crippen molar-refractivity contribution >= 4 is 27.8 Å². The molecule has 3 N–H and O–H groups in total. The Morgan fingerprint density at radius 3 is 2.93 bits per heavy atom. The van der Waals surface area contributed by atoms with Crippen LogP contribution >= 0.6 is 15.9 Å². The van der Waals surface area contributed by atoms with Gasteiger partial charge in [-0.05, 0) is 38.0 Å². The molecule has 150 valence electrons. The molecular formula is C19H29BrN4O3. The van der Waals surface area contributed by atoms with E-state index in [-0.39, 0.29) is 12.0 Å². The number of guanidine groups is 1. The molecule has 2 rings (SSSR count). The lowest BCUT2D eigenvalue weighted by Crippen LogP contribution is -2.41. The third kappa shape index (κ3) is 8.73. The zero-order valence-corrected chi connectivity index (χ0v) is 17.4. The third-order valence-corrected chi connectivity index (χ3v) is 4.44. The lowest BCUT2D eigenvalue weighted by molar-refractivity contribution is 0.0424. The van der Waals surface area contributed by atoms with Crippen LogP contribution in [0.3, 0.4) is 0 Å². The number of ether oxygens (including phenoxy) is 2. The van der Waals surface area contributed by atoms with Crippen LogP contribution in [0, 0.1) is 0 Å². The number of aliphatic imine (C=N–C) groups is 1. The first-order valence-electron chi connectivity index (χ1n) is 9.44. The van der Waals surface area contributed by atoms with E-state index >= 15 is 0 Å². The summed E-state index contributed by atoms with van der Waals surface area (Å²) in [5, 5.41) is 9.32. The standard InChI is InChI=1S/C19H29BrN4O3/c1-2-21-19(23-8-4-11-27-17-7-12-26-14-17)24-10-9-22-18(25)15-5-3-6-16(20)13-15/h3,5-6,13,17H,2,4,7-12,14H2,1H3,(H,22,25)(H2,21,23,24). The molecular weight excluding hydrogens is 412 g/mol. The second kappa shape index (κ2) is 12.7. The fourth-order valence-electron chi connectivity index (χ4n) is 2.58. The molecule has 1 amide bonds. The molecule has 8 heteroatoms. The number of halogens is 1. The normalized spacial score (nSPS) is 17.0. The van der Waals surface area contributed by atoms with Crippen molar-refractivity contribution < 1.29 is 14.3 Å².